The predicted molar refractivity (Wildman–Crippen MR) is 94.7 cm³/mol. The molecule has 3 N–H and O–H groups in total. The van der Waals surface area contributed by atoms with Gasteiger partial charge in [-0.05, 0) is 49.4 Å². The molecule has 23 heavy (non-hydrogen) atoms. The van der Waals surface area contributed by atoms with Crippen LogP contribution in [0.25, 0.3) is 0 Å². The summed E-state index contributed by atoms with van der Waals surface area (Å²) in [6.07, 6.45) is 0.868. The van der Waals surface area contributed by atoms with Gasteiger partial charge in [0.2, 0.25) is 5.91 Å². The van der Waals surface area contributed by atoms with Gasteiger partial charge in [0.15, 0.2) is 0 Å². The monoisotopic (exact) mass is 308 g/mol. The first-order chi connectivity index (χ1) is 10.8. The number of aryl methyl sites for hydroxylation is 2. The van der Waals surface area contributed by atoms with Crippen molar-refractivity contribution in [2.24, 2.45) is 5.73 Å². The van der Waals surface area contributed by atoms with Gasteiger partial charge >= 0.3 is 0 Å². The fourth-order valence-corrected chi connectivity index (χ4v) is 3.18. The first kappa shape index (κ1) is 15.8. The lowest BCUT2D eigenvalue weighted by Crippen LogP contribution is -2.27. The summed E-state index contributed by atoms with van der Waals surface area (Å²) in [6.45, 7) is 8.11. The summed E-state index contributed by atoms with van der Waals surface area (Å²) >= 11 is 0. The number of rotatable bonds is 3. The molecule has 3 rings (SSSR count). The number of hydrogen-bond donors (Lipinski definition) is 2. The fourth-order valence-electron chi connectivity index (χ4n) is 3.18. The van der Waals surface area contributed by atoms with E-state index < -0.39 is 5.41 Å². The molecule has 120 valence electrons. The Bertz CT molecular complexity index is 760. The quantitative estimate of drug-likeness (QED) is 0.905. The van der Waals surface area contributed by atoms with Crippen LogP contribution in [0.4, 0.5) is 5.69 Å². The van der Waals surface area contributed by atoms with Crippen molar-refractivity contribution < 1.29 is 4.79 Å². The molecule has 0 aromatic heterocycles. The van der Waals surface area contributed by atoms with Crippen LogP contribution in [0.15, 0.2) is 36.4 Å². The summed E-state index contributed by atoms with van der Waals surface area (Å²) in [7, 11) is 0. The van der Waals surface area contributed by atoms with Gasteiger partial charge in [-0.2, -0.15) is 0 Å². The number of carbonyl (C=O) groups excluding carboxylic acids is 1. The van der Waals surface area contributed by atoms with Crippen LogP contribution in [0.3, 0.4) is 0 Å². The Kier molecular flexibility index (Phi) is 3.77. The van der Waals surface area contributed by atoms with Crippen LogP contribution < -0.4 is 11.1 Å². The minimum atomic E-state index is -0.512. The molecule has 0 saturated heterocycles. The summed E-state index contributed by atoms with van der Waals surface area (Å²) in [4.78, 5) is 12.3. The van der Waals surface area contributed by atoms with Crippen molar-refractivity contribution in [1.29, 1.82) is 0 Å². The van der Waals surface area contributed by atoms with E-state index in [0.717, 1.165) is 34.4 Å². The molecule has 2 aromatic carbocycles. The molecule has 1 aliphatic rings. The highest BCUT2D eigenvalue weighted by Crippen LogP contribution is 2.41. The molecule has 0 spiro atoms. The SMILES string of the molecule is CCc1cc(C(N)c2ccc(C)cc2)cc2c1NC(=O)C2(C)C. The van der Waals surface area contributed by atoms with E-state index in [2.05, 4.69) is 55.6 Å². The first-order valence-corrected chi connectivity index (χ1v) is 8.15. The van der Waals surface area contributed by atoms with Crippen molar-refractivity contribution in [1.82, 2.24) is 0 Å². The Labute approximate surface area is 137 Å². The molecule has 1 heterocycles. The Balaban J connectivity index is 2.10. The Morgan fingerprint density at radius 3 is 2.39 bits per heavy atom. The van der Waals surface area contributed by atoms with E-state index in [4.69, 9.17) is 5.73 Å². The molecular formula is C20H24N2O. The van der Waals surface area contributed by atoms with Gasteiger partial charge in [-0.1, -0.05) is 48.9 Å². The van der Waals surface area contributed by atoms with E-state index in [9.17, 15) is 4.79 Å². The maximum Gasteiger partial charge on any atom is 0.234 e. The van der Waals surface area contributed by atoms with Gasteiger partial charge < -0.3 is 11.1 Å². The van der Waals surface area contributed by atoms with Crippen molar-refractivity contribution in [3.8, 4) is 0 Å². The average molecular weight is 308 g/mol. The highest BCUT2D eigenvalue weighted by Gasteiger charge is 2.39. The van der Waals surface area contributed by atoms with Gasteiger partial charge in [0.1, 0.15) is 0 Å². The summed E-state index contributed by atoms with van der Waals surface area (Å²) in [5.41, 5.74) is 12.5. The summed E-state index contributed by atoms with van der Waals surface area (Å²) < 4.78 is 0. The summed E-state index contributed by atoms with van der Waals surface area (Å²) in [6, 6.07) is 12.4. The third kappa shape index (κ3) is 2.55. The molecule has 1 atom stereocenters. The Hall–Kier alpha value is -2.13. The smallest absolute Gasteiger partial charge is 0.234 e. The van der Waals surface area contributed by atoms with Crippen molar-refractivity contribution in [2.45, 2.75) is 45.6 Å². The van der Waals surface area contributed by atoms with Crippen molar-refractivity contribution >= 4 is 11.6 Å². The minimum Gasteiger partial charge on any atom is -0.325 e. The number of hydrogen-bond acceptors (Lipinski definition) is 2. The van der Waals surface area contributed by atoms with Gasteiger partial charge in [-0.3, -0.25) is 4.79 Å². The molecule has 1 unspecified atom stereocenters. The van der Waals surface area contributed by atoms with Gasteiger partial charge in [0, 0.05) is 5.69 Å². The topological polar surface area (TPSA) is 55.1 Å². The molecule has 0 bridgehead atoms. The van der Waals surface area contributed by atoms with Crippen molar-refractivity contribution in [2.75, 3.05) is 5.32 Å². The zero-order chi connectivity index (χ0) is 16.8. The molecule has 1 aliphatic heterocycles. The summed E-state index contributed by atoms with van der Waals surface area (Å²) in [5.74, 6) is 0.0586. The van der Waals surface area contributed by atoms with Crippen LogP contribution >= 0.6 is 0 Å². The maximum absolute atomic E-state index is 12.3. The molecule has 2 aromatic rings. The second-order valence-corrected chi connectivity index (χ2v) is 6.92. The van der Waals surface area contributed by atoms with Gasteiger partial charge in [-0.15, -0.1) is 0 Å². The molecular weight excluding hydrogens is 284 g/mol. The second kappa shape index (κ2) is 5.50. The normalized spacial score (nSPS) is 16.8. The van der Waals surface area contributed by atoms with E-state index in [0.29, 0.717) is 0 Å². The number of fused-ring (bicyclic) bond motifs is 1. The first-order valence-electron chi connectivity index (χ1n) is 8.15. The standard InChI is InChI=1S/C20H24N2O/c1-5-13-10-15(17(21)14-8-6-12(2)7-9-14)11-16-18(13)22-19(23)20(16,3)4/h6-11,17H,5,21H2,1-4H3,(H,22,23). The van der Waals surface area contributed by atoms with Gasteiger partial charge in [-0.25, -0.2) is 0 Å². The van der Waals surface area contributed by atoms with E-state index in [1.807, 2.05) is 13.8 Å². The largest absolute Gasteiger partial charge is 0.325 e. The number of anilines is 1. The minimum absolute atomic E-state index is 0.0586. The molecule has 3 heteroatoms. The van der Waals surface area contributed by atoms with Crippen LogP contribution in [0, 0.1) is 6.92 Å². The van der Waals surface area contributed by atoms with E-state index in [1.54, 1.807) is 0 Å². The van der Waals surface area contributed by atoms with Gasteiger partial charge in [0.05, 0.1) is 11.5 Å². The van der Waals surface area contributed by atoms with Crippen LogP contribution in [0.2, 0.25) is 0 Å². The highest BCUT2D eigenvalue weighted by atomic mass is 16.2. The number of amides is 1. The van der Waals surface area contributed by atoms with Crippen LogP contribution in [0.5, 0.6) is 0 Å². The number of carbonyl (C=O) groups is 1. The fraction of sp³-hybridized carbons (Fsp3) is 0.350. The van der Waals surface area contributed by atoms with E-state index >= 15 is 0 Å². The highest BCUT2D eigenvalue weighted by molar-refractivity contribution is 6.06. The van der Waals surface area contributed by atoms with E-state index in [-0.39, 0.29) is 11.9 Å². The number of nitrogens with two attached hydrogens (primary N) is 1. The number of benzene rings is 2. The zero-order valence-electron chi connectivity index (χ0n) is 14.2. The molecule has 0 saturated carbocycles. The molecule has 3 nitrogen and oxygen atoms in total. The zero-order valence-corrected chi connectivity index (χ0v) is 14.2. The van der Waals surface area contributed by atoms with Crippen LogP contribution in [-0.2, 0) is 16.6 Å². The lowest BCUT2D eigenvalue weighted by Gasteiger charge is -2.20. The van der Waals surface area contributed by atoms with Crippen LogP contribution in [-0.4, -0.2) is 5.91 Å². The summed E-state index contributed by atoms with van der Waals surface area (Å²) in [5, 5.41) is 3.04. The molecule has 0 aliphatic carbocycles. The lowest BCUT2D eigenvalue weighted by atomic mass is 9.82. The van der Waals surface area contributed by atoms with Gasteiger partial charge in [0.25, 0.3) is 0 Å². The molecule has 0 fully saturated rings. The Morgan fingerprint density at radius 2 is 1.78 bits per heavy atom. The molecule has 1 amide bonds. The van der Waals surface area contributed by atoms with Crippen molar-refractivity contribution in [3.05, 3.63) is 64.2 Å². The third-order valence-corrected chi connectivity index (χ3v) is 4.90. The number of nitrogens with one attached hydrogen (secondary N) is 1. The van der Waals surface area contributed by atoms with Crippen LogP contribution in [0.1, 0.15) is 54.6 Å². The predicted octanol–water partition coefficient (Wildman–Crippen LogP) is 3.84. The second-order valence-electron chi connectivity index (χ2n) is 6.92. The maximum atomic E-state index is 12.3. The third-order valence-electron chi connectivity index (χ3n) is 4.90. The molecule has 0 radical (unpaired) electrons. The van der Waals surface area contributed by atoms with Crippen molar-refractivity contribution in [3.63, 3.8) is 0 Å². The Morgan fingerprint density at radius 1 is 1.13 bits per heavy atom. The van der Waals surface area contributed by atoms with E-state index in [1.165, 1.54) is 5.56 Å². The lowest BCUT2D eigenvalue weighted by molar-refractivity contribution is -0.119. The average Bonchev–Trinajstić information content (AvgIpc) is 2.76.